The molecule has 1 unspecified atom stereocenters. The predicted molar refractivity (Wildman–Crippen MR) is 81.8 cm³/mol. The molecule has 1 aliphatic carbocycles. The van der Waals surface area contributed by atoms with E-state index in [9.17, 15) is 13.2 Å². The molecule has 3 N–H and O–H groups in total. The minimum atomic E-state index is -3.91. The van der Waals surface area contributed by atoms with Crippen LogP contribution in [0.3, 0.4) is 0 Å². The number of amides is 1. The second kappa shape index (κ2) is 5.26. The summed E-state index contributed by atoms with van der Waals surface area (Å²) >= 11 is 5.89. The van der Waals surface area contributed by atoms with Crippen LogP contribution in [0.15, 0.2) is 17.0 Å². The van der Waals surface area contributed by atoms with Gasteiger partial charge in [-0.25, -0.2) is 13.6 Å². The first kappa shape index (κ1) is 16.3. The number of carbonyl (C=O) groups excluding carboxylic acids is 1. The largest absolute Gasteiger partial charge is 0.352 e. The molecule has 1 aromatic carbocycles. The molecule has 0 bridgehead atoms. The summed E-state index contributed by atoms with van der Waals surface area (Å²) < 4.78 is 23.1. The molecule has 21 heavy (non-hydrogen) atoms. The lowest BCUT2D eigenvalue weighted by Crippen LogP contribution is -2.28. The van der Waals surface area contributed by atoms with Crippen molar-refractivity contribution in [1.29, 1.82) is 0 Å². The van der Waals surface area contributed by atoms with E-state index in [1.54, 1.807) is 6.92 Å². The Morgan fingerprint density at radius 2 is 2.05 bits per heavy atom. The fraction of sp³-hybridized carbons (Fsp3) is 0.500. The Morgan fingerprint density at radius 1 is 1.48 bits per heavy atom. The van der Waals surface area contributed by atoms with Crippen LogP contribution >= 0.6 is 11.6 Å². The highest BCUT2D eigenvalue weighted by Crippen LogP contribution is 2.51. The third kappa shape index (κ3) is 3.56. The Morgan fingerprint density at radius 3 is 2.52 bits per heavy atom. The molecule has 7 heteroatoms. The summed E-state index contributed by atoms with van der Waals surface area (Å²) in [5.41, 5.74) is 0.821. The SMILES string of the molecule is Cc1c(C(=O)NCC2CC2(C)C)cc(Cl)cc1S(N)(=O)=O. The number of sulfonamides is 1. The number of primary sulfonamides is 1. The van der Waals surface area contributed by atoms with Gasteiger partial charge in [0, 0.05) is 17.1 Å². The first-order chi connectivity index (χ1) is 9.52. The van der Waals surface area contributed by atoms with Crippen molar-refractivity contribution in [2.24, 2.45) is 16.5 Å². The Balaban J connectivity index is 2.23. The van der Waals surface area contributed by atoms with Crippen molar-refractivity contribution in [3.63, 3.8) is 0 Å². The quantitative estimate of drug-likeness (QED) is 0.885. The molecule has 1 amide bonds. The highest BCUT2D eigenvalue weighted by atomic mass is 35.5. The molecule has 1 aromatic rings. The maximum atomic E-state index is 12.2. The van der Waals surface area contributed by atoms with Gasteiger partial charge in [-0.3, -0.25) is 4.79 Å². The minimum absolute atomic E-state index is 0.119. The lowest BCUT2D eigenvalue weighted by atomic mass is 10.1. The molecule has 0 aliphatic heterocycles. The molecule has 0 aromatic heterocycles. The lowest BCUT2D eigenvalue weighted by Gasteiger charge is -2.12. The van der Waals surface area contributed by atoms with Crippen LogP contribution in [0.2, 0.25) is 5.02 Å². The fourth-order valence-electron chi connectivity index (χ4n) is 2.42. The molecule has 0 radical (unpaired) electrons. The zero-order chi connectivity index (χ0) is 16.0. The number of hydrogen-bond acceptors (Lipinski definition) is 3. The van der Waals surface area contributed by atoms with Crippen molar-refractivity contribution in [3.8, 4) is 0 Å². The molecule has 0 saturated heterocycles. The fourth-order valence-corrected chi connectivity index (χ4v) is 3.53. The summed E-state index contributed by atoms with van der Waals surface area (Å²) in [7, 11) is -3.91. The van der Waals surface area contributed by atoms with Gasteiger partial charge in [-0.15, -0.1) is 0 Å². The van der Waals surface area contributed by atoms with Crippen LogP contribution in [0.4, 0.5) is 0 Å². The molecule has 5 nitrogen and oxygen atoms in total. The molecular formula is C14H19ClN2O3S. The maximum absolute atomic E-state index is 12.2. The van der Waals surface area contributed by atoms with Crippen molar-refractivity contribution in [2.45, 2.75) is 32.1 Å². The van der Waals surface area contributed by atoms with Crippen LogP contribution in [-0.4, -0.2) is 20.9 Å². The Labute approximate surface area is 129 Å². The van der Waals surface area contributed by atoms with E-state index in [1.165, 1.54) is 12.1 Å². The molecule has 1 atom stereocenters. The summed E-state index contributed by atoms with van der Waals surface area (Å²) in [6.07, 6.45) is 1.07. The van der Waals surface area contributed by atoms with Gasteiger partial charge < -0.3 is 5.32 Å². The third-order valence-corrected chi connectivity index (χ3v) is 5.36. The van der Waals surface area contributed by atoms with Crippen molar-refractivity contribution in [3.05, 3.63) is 28.3 Å². The molecule has 0 heterocycles. The molecule has 1 saturated carbocycles. The highest BCUT2D eigenvalue weighted by Gasteiger charge is 2.45. The molecule has 0 spiro atoms. The number of carbonyl (C=O) groups is 1. The average molecular weight is 331 g/mol. The normalized spacial score (nSPS) is 20.1. The molecule has 1 aliphatic rings. The summed E-state index contributed by atoms with van der Waals surface area (Å²) in [6, 6.07) is 2.71. The Kier molecular flexibility index (Phi) is 4.08. The first-order valence-electron chi connectivity index (χ1n) is 6.63. The molecule has 2 rings (SSSR count). The first-order valence-corrected chi connectivity index (χ1v) is 8.56. The average Bonchev–Trinajstić information content (AvgIpc) is 2.95. The zero-order valence-corrected chi connectivity index (χ0v) is 13.8. The van der Waals surface area contributed by atoms with E-state index in [1.807, 2.05) is 0 Å². The van der Waals surface area contributed by atoms with Crippen molar-refractivity contribution >= 4 is 27.5 Å². The van der Waals surface area contributed by atoms with Gasteiger partial charge in [-0.1, -0.05) is 25.4 Å². The molecule has 116 valence electrons. The number of halogens is 1. The highest BCUT2D eigenvalue weighted by molar-refractivity contribution is 7.89. The standard InChI is InChI=1S/C14H19ClN2O3S/c1-8-11(4-10(15)5-12(8)21(16,19)20)13(18)17-7-9-6-14(9,2)3/h4-5,9H,6-7H2,1-3H3,(H,17,18)(H2,16,19,20). The van der Waals surface area contributed by atoms with Crippen LogP contribution in [-0.2, 0) is 10.0 Å². The van der Waals surface area contributed by atoms with Gasteiger partial charge in [0.25, 0.3) is 5.91 Å². The maximum Gasteiger partial charge on any atom is 0.251 e. The van der Waals surface area contributed by atoms with Gasteiger partial charge in [0.2, 0.25) is 10.0 Å². The number of rotatable bonds is 4. The number of benzene rings is 1. The van der Waals surface area contributed by atoms with E-state index in [0.717, 1.165) is 6.42 Å². The monoisotopic (exact) mass is 330 g/mol. The molecular weight excluding hydrogens is 312 g/mol. The predicted octanol–water partition coefficient (Wildman–Crippen LogP) is 2.07. The number of nitrogens with two attached hydrogens (primary N) is 1. The van der Waals surface area contributed by atoms with Gasteiger partial charge in [0.05, 0.1) is 4.90 Å². The smallest absolute Gasteiger partial charge is 0.251 e. The van der Waals surface area contributed by atoms with E-state index >= 15 is 0 Å². The Hall–Kier alpha value is -1.11. The van der Waals surface area contributed by atoms with Crippen LogP contribution in [0.25, 0.3) is 0 Å². The lowest BCUT2D eigenvalue weighted by molar-refractivity contribution is 0.0949. The van der Waals surface area contributed by atoms with E-state index in [0.29, 0.717) is 18.0 Å². The summed E-state index contributed by atoms with van der Waals surface area (Å²) in [4.78, 5) is 12.1. The van der Waals surface area contributed by atoms with E-state index in [-0.39, 0.29) is 26.8 Å². The summed E-state index contributed by atoms with van der Waals surface area (Å²) in [6.45, 7) is 6.41. The van der Waals surface area contributed by atoms with Crippen LogP contribution in [0, 0.1) is 18.3 Å². The summed E-state index contributed by atoms with van der Waals surface area (Å²) in [5.74, 6) is 0.126. The Bertz CT molecular complexity index is 698. The van der Waals surface area contributed by atoms with E-state index in [4.69, 9.17) is 16.7 Å². The van der Waals surface area contributed by atoms with Crippen molar-refractivity contribution in [1.82, 2.24) is 5.32 Å². The number of hydrogen-bond donors (Lipinski definition) is 2. The van der Waals surface area contributed by atoms with Gasteiger partial charge >= 0.3 is 0 Å². The topological polar surface area (TPSA) is 89.3 Å². The van der Waals surface area contributed by atoms with Crippen molar-refractivity contribution in [2.75, 3.05) is 6.54 Å². The number of nitrogens with one attached hydrogen (secondary N) is 1. The van der Waals surface area contributed by atoms with Gasteiger partial charge in [0.15, 0.2) is 0 Å². The second-order valence-corrected chi connectivity index (χ2v) is 8.19. The van der Waals surface area contributed by atoms with E-state index < -0.39 is 10.0 Å². The van der Waals surface area contributed by atoms with Crippen LogP contribution < -0.4 is 10.5 Å². The van der Waals surface area contributed by atoms with E-state index in [2.05, 4.69) is 19.2 Å². The minimum Gasteiger partial charge on any atom is -0.352 e. The van der Waals surface area contributed by atoms with Gasteiger partial charge in [-0.05, 0) is 42.4 Å². The second-order valence-electron chi connectivity index (χ2n) is 6.22. The van der Waals surface area contributed by atoms with Crippen molar-refractivity contribution < 1.29 is 13.2 Å². The van der Waals surface area contributed by atoms with Gasteiger partial charge in [-0.2, -0.15) is 0 Å². The van der Waals surface area contributed by atoms with Gasteiger partial charge in [0.1, 0.15) is 0 Å². The third-order valence-electron chi connectivity index (χ3n) is 4.10. The molecule has 1 fully saturated rings. The van der Waals surface area contributed by atoms with Crippen LogP contribution in [0.5, 0.6) is 0 Å². The summed E-state index contributed by atoms with van der Waals surface area (Å²) in [5, 5.41) is 8.14. The van der Waals surface area contributed by atoms with Crippen LogP contribution in [0.1, 0.15) is 36.2 Å². The zero-order valence-electron chi connectivity index (χ0n) is 12.2.